The summed E-state index contributed by atoms with van der Waals surface area (Å²) in [7, 11) is 3.22. The van der Waals surface area contributed by atoms with Crippen molar-refractivity contribution < 1.29 is 9.59 Å². The lowest BCUT2D eigenvalue weighted by Gasteiger charge is -2.41. The molecule has 2 unspecified atom stereocenters. The fourth-order valence-corrected chi connectivity index (χ4v) is 3.10. The average Bonchev–Trinajstić information content (AvgIpc) is 2.92. The molecule has 2 atom stereocenters. The lowest BCUT2D eigenvalue weighted by atomic mass is 10.1. The Morgan fingerprint density at radius 2 is 1.73 bits per heavy atom. The zero-order valence-electron chi connectivity index (χ0n) is 13.2. The summed E-state index contributed by atoms with van der Waals surface area (Å²) in [6.45, 7) is 4.06. The van der Waals surface area contributed by atoms with Crippen LogP contribution in [0, 0.1) is 0 Å². The minimum atomic E-state index is -0.464. The van der Waals surface area contributed by atoms with Crippen molar-refractivity contribution in [3.05, 3.63) is 35.9 Å². The van der Waals surface area contributed by atoms with Crippen LogP contribution in [-0.4, -0.2) is 64.8 Å². The molecule has 6 nitrogen and oxygen atoms in total. The molecule has 0 N–H and O–H groups in total. The van der Waals surface area contributed by atoms with Crippen molar-refractivity contribution in [1.82, 2.24) is 14.7 Å². The molecule has 0 spiro atoms. The Hall–Kier alpha value is -2.37. The van der Waals surface area contributed by atoms with Gasteiger partial charge in [0, 0.05) is 25.7 Å². The number of rotatable bonds is 2. The summed E-state index contributed by atoms with van der Waals surface area (Å²) in [5, 5.41) is 0. The van der Waals surface area contributed by atoms with E-state index in [1.165, 1.54) is 16.8 Å². The van der Waals surface area contributed by atoms with Crippen LogP contribution in [0.15, 0.2) is 35.3 Å². The molecular weight excluding hydrogens is 280 g/mol. The summed E-state index contributed by atoms with van der Waals surface area (Å²) in [4.78, 5) is 34.2. The van der Waals surface area contributed by atoms with Gasteiger partial charge in [-0.25, -0.2) is 9.79 Å². The SMILES string of the molecule is CC(C)N1C(c2ccccc2)=NC2C1C(=O)N(C)C(=O)N2C. The second-order valence-corrected chi connectivity index (χ2v) is 5.97. The van der Waals surface area contributed by atoms with E-state index in [9.17, 15) is 9.59 Å². The fourth-order valence-electron chi connectivity index (χ4n) is 3.10. The first kappa shape index (κ1) is 14.6. The molecule has 1 fully saturated rings. The average molecular weight is 300 g/mol. The zero-order valence-corrected chi connectivity index (χ0v) is 13.2. The van der Waals surface area contributed by atoms with Gasteiger partial charge in [-0.3, -0.25) is 9.69 Å². The predicted molar refractivity (Wildman–Crippen MR) is 83.5 cm³/mol. The first-order chi connectivity index (χ1) is 10.4. The van der Waals surface area contributed by atoms with Crippen LogP contribution in [0.1, 0.15) is 19.4 Å². The number of hydrogen-bond acceptors (Lipinski definition) is 4. The predicted octanol–water partition coefficient (Wildman–Crippen LogP) is 1.38. The Balaban J connectivity index is 2.09. The second kappa shape index (κ2) is 5.12. The molecule has 6 heteroatoms. The van der Waals surface area contributed by atoms with Crippen molar-refractivity contribution in [2.24, 2.45) is 4.99 Å². The Morgan fingerprint density at radius 1 is 1.09 bits per heavy atom. The van der Waals surface area contributed by atoms with Gasteiger partial charge in [-0.05, 0) is 13.8 Å². The van der Waals surface area contributed by atoms with Crippen molar-refractivity contribution in [3.63, 3.8) is 0 Å². The number of hydrogen-bond donors (Lipinski definition) is 0. The maximum absolute atomic E-state index is 12.6. The molecule has 3 rings (SSSR count). The number of benzene rings is 1. The summed E-state index contributed by atoms with van der Waals surface area (Å²) in [6, 6.07) is 9.12. The monoisotopic (exact) mass is 300 g/mol. The normalized spacial score (nSPS) is 25.0. The Bertz CT molecular complexity index is 641. The fraction of sp³-hybridized carbons (Fsp3) is 0.438. The number of amidine groups is 1. The highest BCUT2D eigenvalue weighted by molar-refractivity contribution is 6.08. The number of likely N-dealkylation sites (N-methyl/N-ethyl adjacent to an activating group) is 2. The van der Waals surface area contributed by atoms with Crippen molar-refractivity contribution in [1.29, 1.82) is 0 Å². The lowest BCUT2D eigenvalue weighted by molar-refractivity contribution is -0.136. The summed E-state index contributed by atoms with van der Waals surface area (Å²) >= 11 is 0. The van der Waals surface area contributed by atoms with Crippen LogP contribution in [0.2, 0.25) is 0 Å². The third-order valence-electron chi connectivity index (χ3n) is 4.24. The van der Waals surface area contributed by atoms with Gasteiger partial charge in [-0.2, -0.15) is 0 Å². The van der Waals surface area contributed by atoms with Gasteiger partial charge in [0.15, 0.2) is 12.2 Å². The number of carbonyl (C=O) groups excluding carboxylic acids is 2. The molecule has 3 amide bonds. The smallest absolute Gasteiger partial charge is 0.328 e. The first-order valence-corrected chi connectivity index (χ1v) is 7.39. The van der Waals surface area contributed by atoms with E-state index in [0.29, 0.717) is 0 Å². The molecular formula is C16H20N4O2. The van der Waals surface area contributed by atoms with Gasteiger partial charge in [-0.15, -0.1) is 0 Å². The van der Waals surface area contributed by atoms with E-state index in [1.807, 2.05) is 49.1 Å². The van der Waals surface area contributed by atoms with Gasteiger partial charge < -0.3 is 9.80 Å². The van der Waals surface area contributed by atoms with Gasteiger partial charge >= 0.3 is 6.03 Å². The van der Waals surface area contributed by atoms with Crippen LogP contribution in [0.5, 0.6) is 0 Å². The molecule has 1 aromatic rings. The summed E-state index contributed by atoms with van der Waals surface area (Å²) in [6.07, 6.45) is -0.464. The second-order valence-electron chi connectivity index (χ2n) is 5.97. The maximum Gasteiger partial charge on any atom is 0.328 e. The van der Waals surface area contributed by atoms with E-state index in [-0.39, 0.29) is 18.0 Å². The number of nitrogens with zero attached hydrogens (tertiary/aromatic N) is 4. The molecule has 116 valence electrons. The summed E-state index contributed by atoms with van der Waals surface area (Å²) < 4.78 is 0. The van der Waals surface area contributed by atoms with Crippen molar-refractivity contribution in [2.75, 3.05) is 14.1 Å². The molecule has 0 radical (unpaired) electrons. The van der Waals surface area contributed by atoms with Crippen LogP contribution < -0.4 is 0 Å². The van der Waals surface area contributed by atoms with E-state index >= 15 is 0 Å². The van der Waals surface area contributed by atoms with Crippen LogP contribution >= 0.6 is 0 Å². The Labute approximate surface area is 130 Å². The number of amides is 3. The van der Waals surface area contributed by atoms with E-state index in [1.54, 1.807) is 7.05 Å². The summed E-state index contributed by atoms with van der Waals surface area (Å²) in [5.74, 6) is 0.574. The first-order valence-electron chi connectivity index (χ1n) is 7.39. The minimum Gasteiger partial charge on any atom is -0.338 e. The van der Waals surface area contributed by atoms with Crippen LogP contribution in [0.4, 0.5) is 4.79 Å². The summed E-state index contributed by atoms with van der Waals surface area (Å²) in [5.41, 5.74) is 0.960. The largest absolute Gasteiger partial charge is 0.338 e. The van der Waals surface area contributed by atoms with E-state index < -0.39 is 12.2 Å². The Kier molecular flexibility index (Phi) is 3.39. The molecule has 0 bridgehead atoms. The Morgan fingerprint density at radius 3 is 2.32 bits per heavy atom. The van der Waals surface area contributed by atoms with E-state index in [0.717, 1.165) is 11.4 Å². The topological polar surface area (TPSA) is 56.2 Å². The molecule has 2 heterocycles. The molecule has 0 saturated carbocycles. The van der Waals surface area contributed by atoms with Gasteiger partial charge in [-0.1, -0.05) is 30.3 Å². The minimum absolute atomic E-state index is 0.105. The quantitative estimate of drug-likeness (QED) is 0.829. The highest BCUT2D eigenvalue weighted by Crippen LogP contribution is 2.30. The molecule has 2 aliphatic rings. The van der Waals surface area contributed by atoms with Gasteiger partial charge in [0.05, 0.1) is 0 Å². The van der Waals surface area contributed by atoms with Gasteiger partial charge in [0.1, 0.15) is 5.84 Å². The molecule has 22 heavy (non-hydrogen) atoms. The molecule has 1 saturated heterocycles. The third-order valence-corrected chi connectivity index (χ3v) is 4.24. The number of aliphatic imine (C=N–C) groups is 1. The van der Waals surface area contributed by atoms with Crippen LogP contribution in [0.3, 0.4) is 0 Å². The molecule has 0 aliphatic carbocycles. The number of imide groups is 1. The van der Waals surface area contributed by atoms with E-state index in [2.05, 4.69) is 0 Å². The number of urea groups is 1. The highest BCUT2D eigenvalue weighted by atomic mass is 16.2. The van der Waals surface area contributed by atoms with E-state index in [4.69, 9.17) is 4.99 Å². The molecule has 0 aromatic heterocycles. The maximum atomic E-state index is 12.6. The van der Waals surface area contributed by atoms with Crippen molar-refractivity contribution in [3.8, 4) is 0 Å². The van der Waals surface area contributed by atoms with Crippen molar-refractivity contribution >= 4 is 17.8 Å². The third kappa shape index (κ3) is 1.98. The van der Waals surface area contributed by atoms with Crippen LogP contribution in [-0.2, 0) is 4.79 Å². The van der Waals surface area contributed by atoms with Gasteiger partial charge in [0.2, 0.25) is 0 Å². The van der Waals surface area contributed by atoms with Gasteiger partial charge in [0.25, 0.3) is 5.91 Å². The molecule has 1 aromatic carbocycles. The number of fused-ring (bicyclic) bond motifs is 1. The molecule has 2 aliphatic heterocycles. The zero-order chi connectivity index (χ0) is 16.0. The number of carbonyl (C=O) groups is 2. The standard InChI is InChI=1S/C16H20N4O2/c1-10(2)20-12-14(18(3)16(22)19(4)15(12)21)17-13(20)11-8-6-5-7-9-11/h5-10,12,14H,1-4H3. The highest BCUT2D eigenvalue weighted by Gasteiger charge is 2.51. The van der Waals surface area contributed by atoms with Crippen LogP contribution in [0.25, 0.3) is 0 Å². The van der Waals surface area contributed by atoms with Crippen molar-refractivity contribution in [2.45, 2.75) is 32.1 Å². The lowest BCUT2D eigenvalue weighted by Crippen LogP contribution is -2.64.